The molecule has 1 heterocycles. The number of benzene rings is 2. The number of anilines is 1. The summed E-state index contributed by atoms with van der Waals surface area (Å²) in [5, 5.41) is 3.59. The molecule has 0 aliphatic carbocycles. The lowest BCUT2D eigenvalue weighted by molar-refractivity contribution is 0.217. The van der Waals surface area contributed by atoms with Gasteiger partial charge in [0.2, 0.25) is 0 Å². The summed E-state index contributed by atoms with van der Waals surface area (Å²) in [5.74, 6) is 0.776. The molecule has 1 fully saturated rings. The van der Waals surface area contributed by atoms with Crippen LogP contribution in [-0.2, 0) is 0 Å². The molecule has 0 amide bonds. The number of rotatable bonds is 4. The Balaban J connectivity index is 1.57. The Morgan fingerprint density at radius 1 is 1.00 bits per heavy atom. The lowest BCUT2D eigenvalue weighted by Gasteiger charge is -2.30. The number of hydrogen-bond acceptors (Lipinski definition) is 2. The molecular formula is C19H24N2. The number of piperidine rings is 1. The van der Waals surface area contributed by atoms with Gasteiger partial charge in [0.1, 0.15) is 0 Å². The van der Waals surface area contributed by atoms with Crippen LogP contribution in [-0.4, -0.2) is 31.6 Å². The van der Waals surface area contributed by atoms with E-state index in [0.29, 0.717) is 0 Å². The Labute approximate surface area is 127 Å². The molecule has 1 saturated heterocycles. The van der Waals surface area contributed by atoms with Gasteiger partial charge in [0.05, 0.1) is 0 Å². The van der Waals surface area contributed by atoms with Crippen molar-refractivity contribution in [2.24, 2.45) is 5.92 Å². The van der Waals surface area contributed by atoms with Crippen LogP contribution in [0.5, 0.6) is 0 Å². The molecule has 1 unspecified atom stereocenters. The maximum Gasteiger partial charge on any atom is 0.0340 e. The van der Waals surface area contributed by atoms with E-state index in [9.17, 15) is 0 Å². The first kappa shape index (κ1) is 14.2. The normalized spacial score (nSPS) is 19.4. The van der Waals surface area contributed by atoms with Crippen molar-refractivity contribution in [1.29, 1.82) is 0 Å². The Morgan fingerprint density at radius 2 is 1.71 bits per heavy atom. The van der Waals surface area contributed by atoms with Gasteiger partial charge in [0.15, 0.2) is 0 Å². The average molecular weight is 280 g/mol. The SMILES string of the molecule is CN1CCCC(CNc2ccc(-c3ccccc3)cc2)C1. The van der Waals surface area contributed by atoms with Crippen LogP contribution in [0.4, 0.5) is 5.69 Å². The highest BCUT2D eigenvalue weighted by atomic mass is 15.1. The molecule has 21 heavy (non-hydrogen) atoms. The zero-order chi connectivity index (χ0) is 14.5. The highest BCUT2D eigenvalue weighted by Crippen LogP contribution is 2.22. The van der Waals surface area contributed by atoms with Gasteiger partial charge in [-0.2, -0.15) is 0 Å². The fourth-order valence-electron chi connectivity index (χ4n) is 3.11. The molecule has 1 N–H and O–H groups in total. The second-order valence-electron chi connectivity index (χ2n) is 6.09. The van der Waals surface area contributed by atoms with E-state index in [1.165, 1.54) is 42.7 Å². The summed E-state index contributed by atoms with van der Waals surface area (Å²) in [7, 11) is 2.22. The van der Waals surface area contributed by atoms with Gasteiger partial charge in [-0.3, -0.25) is 0 Å². The van der Waals surface area contributed by atoms with Crippen LogP contribution in [0.1, 0.15) is 12.8 Å². The Bertz CT molecular complexity index is 548. The molecule has 1 aliphatic rings. The van der Waals surface area contributed by atoms with Crippen molar-refractivity contribution >= 4 is 5.69 Å². The van der Waals surface area contributed by atoms with E-state index in [2.05, 4.69) is 71.9 Å². The summed E-state index contributed by atoms with van der Waals surface area (Å²) in [6.07, 6.45) is 2.68. The molecule has 3 rings (SSSR count). The van der Waals surface area contributed by atoms with Crippen LogP contribution in [0.2, 0.25) is 0 Å². The molecule has 0 aromatic heterocycles. The largest absolute Gasteiger partial charge is 0.385 e. The Kier molecular flexibility index (Phi) is 4.56. The van der Waals surface area contributed by atoms with Crippen LogP contribution < -0.4 is 5.32 Å². The van der Waals surface area contributed by atoms with Crippen molar-refractivity contribution in [3.05, 3.63) is 54.6 Å². The molecule has 2 heteroatoms. The van der Waals surface area contributed by atoms with Gasteiger partial charge in [-0.25, -0.2) is 0 Å². The van der Waals surface area contributed by atoms with Gasteiger partial charge in [0, 0.05) is 18.8 Å². The third kappa shape index (κ3) is 3.85. The fourth-order valence-corrected chi connectivity index (χ4v) is 3.11. The predicted molar refractivity (Wildman–Crippen MR) is 90.6 cm³/mol. The quantitative estimate of drug-likeness (QED) is 0.906. The first-order valence-electron chi connectivity index (χ1n) is 7.89. The van der Waals surface area contributed by atoms with Gasteiger partial charge in [-0.15, -0.1) is 0 Å². The Hall–Kier alpha value is -1.80. The van der Waals surface area contributed by atoms with E-state index in [4.69, 9.17) is 0 Å². The van der Waals surface area contributed by atoms with Gasteiger partial charge < -0.3 is 10.2 Å². The zero-order valence-electron chi connectivity index (χ0n) is 12.8. The van der Waals surface area contributed by atoms with Crippen molar-refractivity contribution in [1.82, 2.24) is 4.90 Å². The molecule has 0 spiro atoms. The minimum atomic E-state index is 0.776. The molecule has 1 atom stereocenters. The summed E-state index contributed by atoms with van der Waals surface area (Å²) in [5.41, 5.74) is 3.78. The van der Waals surface area contributed by atoms with E-state index in [0.717, 1.165) is 12.5 Å². The summed E-state index contributed by atoms with van der Waals surface area (Å²) in [6.45, 7) is 3.55. The minimum absolute atomic E-state index is 0.776. The van der Waals surface area contributed by atoms with Gasteiger partial charge in [-0.05, 0) is 55.6 Å². The second-order valence-corrected chi connectivity index (χ2v) is 6.09. The molecule has 2 aromatic rings. The van der Waals surface area contributed by atoms with Crippen molar-refractivity contribution in [3.63, 3.8) is 0 Å². The number of hydrogen-bond donors (Lipinski definition) is 1. The van der Waals surface area contributed by atoms with Crippen LogP contribution >= 0.6 is 0 Å². The minimum Gasteiger partial charge on any atom is -0.385 e. The monoisotopic (exact) mass is 280 g/mol. The van der Waals surface area contributed by atoms with Gasteiger partial charge >= 0.3 is 0 Å². The standard InChI is InChI=1S/C19H24N2/c1-21-13-5-6-16(15-21)14-20-19-11-9-18(10-12-19)17-7-3-2-4-8-17/h2-4,7-12,16,20H,5-6,13-15H2,1H3. The molecule has 110 valence electrons. The van der Waals surface area contributed by atoms with Crippen LogP contribution in [0.25, 0.3) is 11.1 Å². The van der Waals surface area contributed by atoms with Gasteiger partial charge in [0.25, 0.3) is 0 Å². The van der Waals surface area contributed by atoms with E-state index in [-0.39, 0.29) is 0 Å². The van der Waals surface area contributed by atoms with E-state index >= 15 is 0 Å². The van der Waals surface area contributed by atoms with E-state index in [1.54, 1.807) is 0 Å². The Morgan fingerprint density at radius 3 is 2.43 bits per heavy atom. The fraction of sp³-hybridized carbons (Fsp3) is 0.368. The molecule has 2 aromatic carbocycles. The third-order valence-electron chi connectivity index (χ3n) is 4.31. The summed E-state index contributed by atoms with van der Waals surface area (Å²) >= 11 is 0. The molecule has 0 radical (unpaired) electrons. The smallest absolute Gasteiger partial charge is 0.0340 e. The maximum atomic E-state index is 3.59. The summed E-state index contributed by atoms with van der Waals surface area (Å²) < 4.78 is 0. The topological polar surface area (TPSA) is 15.3 Å². The number of nitrogens with zero attached hydrogens (tertiary/aromatic N) is 1. The molecule has 0 saturated carbocycles. The molecule has 2 nitrogen and oxygen atoms in total. The van der Waals surface area contributed by atoms with Crippen molar-refractivity contribution in [2.75, 3.05) is 32.0 Å². The zero-order valence-corrected chi connectivity index (χ0v) is 12.8. The third-order valence-corrected chi connectivity index (χ3v) is 4.31. The van der Waals surface area contributed by atoms with Crippen LogP contribution in [0, 0.1) is 5.92 Å². The van der Waals surface area contributed by atoms with Crippen molar-refractivity contribution in [3.8, 4) is 11.1 Å². The van der Waals surface area contributed by atoms with E-state index < -0.39 is 0 Å². The second kappa shape index (κ2) is 6.77. The molecule has 0 bridgehead atoms. The lowest BCUT2D eigenvalue weighted by atomic mass is 9.98. The van der Waals surface area contributed by atoms with Crippen LogP contribution in [0.15, 0.2) is 54.6 Å². The lowest BCUT2D eigenvalue weighted by Crippen LogP contribution is -2.35. The number of nitrogens with one attached hydrogen (secondary N) is 1. The van der Waals surface area contributed by atoms with Gasteiger partial charge in [-0.1, -0.05) is 42.5 Å². The van der Waals surface area contributed by atoms with Crippen molar-refractivity contribution in [2.45, 2.75) is 12.8 Å². The average Bonchev–Trinajstić information content (AvgIpc) is 2.54. The molecule has 1 aliphatic heterocycles. The summed E-state index contributed by atoms with van der Waals surface area (Å²) in [4.78, 5) is 2.44. The van der Waals surface area contributed by atoms with Crippen LogP contribution in [0.3, 0.4) is 0 Å². The summed E-state index contributed by atoms with van der Waals surface area (Å²) in [6, 6.07) is 19.3. The van der Waals surface area contributed by atoms with E-state index in [1.807, 2.05) is 0 Å². The van der Waals surface area contributed by atoms with Crippen molar-refractivity contribution < 1.29 is 0 Å². The molecular weight excluding hydrogens is 256 g/mol. The highest BCUT2D eigenvalue weighted by molar-refractivity contribution is 5.65. The number of likely N-dealkylation sites (tertiary alicyclic amines) is 1. The first-order chi connectivity index (χ1) is 10.3. The predicted octanol–water partition coefficient (Wildman–Crippen LogP) is 4.11. The first-order valence-corrected chi connectivity index (χ1v) is 7.89. The highest BCUT2D eigenvalue weighted by Gasteiger charge is 2.16. The maximum absolute atomic E-state index is 3.59.